The molecule has 0 aliphatic heterocycles. The number of unbranched alkanes of at least 4 members (excludes halogenated alkanes) is 9. The Morgan fingerprint density at radius 3 is 2.28 bits per heavy atom. The second-order valence-corrected chi connectivity index (χ2v) is 7.56. The van der Waals surface area contributed by atoms with Crippen molar-refractivity contribution >= 4 is 23.0 Å². The number of hydrogen-bond acceptors (Lipinski definition) is 3. The van der Waals surface area contributed by atoms with Crippen molar-refractivity contribution in [1.29, 1.82) is 0 Å². The second-order valence-electron chi connectivity index (χ2n) is 6.46. The van der Waals surface area contributed by atoms with E-state index < -0.39 is 0 Å². The van der Waals surface area contributed by atoms with Crippen LogP contribution in [0.5, 0.6) is 5.75 Å². The third kappa shape index (κ3) is 11.9. The fourth-order valence-corrected chi connectivity index (χ4v) is 3.43. The van der Waals surface area contributed by atoms with Crippen LogP contribution >= 0.6 is 11.8 Å². The lowest BCUT2D eigenvalue weighted by atomic mass is 10.1. The molecule has 1 rings (SSSR count). The largest absolute Gasteiger partial charge is 0.497 e. The molecule has 0 bridgehead atoms. The first-order valence-electron chi connectivity index (χ1n) is 9.75. The quantitative estimate of drug-likeness (QED) is 0.266. The summed E-state index contributed by atoms with van der Waals surface area (Å²) in [6.45, 7) is 2.26. The number of ether oxygens (including phenoxy) is 1. The lowest BCUT2D eigenvalue weighted by molar-refractivity contribution is -0.107. The molecule has 25 heavy (non-hydrogen) atoms. The molecule has 3 heteroatoms. The van der Waals surface area contributed by atoms with Gasteiger partial charge in [-0.15, -0.1) is 0 Å². The highest BCUT2D eigenvalue weighted by atomic mass is 32.2. The van der Waals surface area contributed by atoms with Crippen molar-refractivity contribution in [3.63, 3.8) is 0 Å². The molecule has 0 amide bonds. The molecule has 0 spiro atoms. The van der Waals surface area contributed by atoms with Crippen LogP contribution < -0.4 is 4.74 Å². The predicted octanol–water partition coefficient (Wildman–Crippen LogP) is 6.89. The molecular formula is C22H34O2S. The molecule has 0 saturated heterocycles. The average Bonchev–Trinajstić information content (AvgIpc) is 2.64. The van der Waals surface area contributed by atoms with Crippen molar-refractivity contribution in [2.24, 2.45) is 0 Å². The summed E-state index contributed by atoms with van der Waals surface area (Å²) < 4.78 is 5.18. The van der Waals surface area contributed by atoms with Crippen LogP contribution in [-0.2, 0) is 4.79 Å². The van der Waals surface area contributed by atoms with Gasteiger partial charge < -0.3 is 4.74 Å². The molecule has 0 aliphatic carbocycles. The van der Waals surface area contributed by atoms with E-state index in [2.05, 4.69) is 6.92 Å². The Bertz CT molecular complexity index is 497. The van der Waals surface area contributed by atoms with Crippen LogP contribution in [0.2, 0.25) is 0 Å². The molecule has 0 fully saturated rings. The molecule has 1 aromatic rings. The number of carbonyl (C=O) groups excluding carboxylic acids is 1. The smallest absolute Gasteiger partial charge is 0.212 e. The van der Waals surface area contributed by atoms with Gasteiger partial charge in [-0.3, -0.25) is 4.79 Å². The molecule has 0 N–H and O–H groups in total. The number of methoxy groups -OCH3 is 1. The van der Waals surface area contributed by atoms with E-state index in [-0.39, 0.29) is 5.12 Å². The van der Waals surface area contributed by atoms with Crippen LogP contribution in [0.3, 0.4) is 0 Å². The monoisotopic (exact) mass is 362 g/mol. The summed E-state index contributed by atoms with van der Waals surface area (Å²) in [6.07, 6.45) is 16.8. The normalized spacial score (nSPS) is 11.1. The Kier molecular flexibility index (Phi) is 13.2. The Balaban J connectivity index is 2.00. The molecule has 140 valence electrons. The lowest BCUT2D eigenvalue weighted by Crippen LogP contribution is -1.89. The minimum absolute atomic E-state index is 0.138. The van der Waals surface area contributed by atoms with Gasteiger partial charge in [-0.1, -0.05) is 94.7 Å². The van der Waals surface area contributed by atoms with Gasteiger partial charge in [-0.05, 0) is 30.2 Å². The minimum Gasteiger partial charge on any atom is -0.497 e. The van der Waals surface area contributed by atoms with Gasteiger partial charge in [-0.2, -0.15) is 0 Å². The van der Waals surface area contributed by atoms with E-state index in [1.54, 1.807) is 13.2 Å². The first-order valence-corrected chi connectivity index (χ1v) is 10.7. The van der Waals surface area contributed by atoms with Gasteiger partial charge in [0.05, 0.1) is 7.11 Å². The summed E-state index contributed by atoms with van der Waals surface area (Å²) in [4.78, 5) is 11.9. The molecule has 0 atom stereocenters. The zero-order valence-corrected chi connectivity index (χ0v) is 16.8. The van der Waals surface area contributed by atoms with Gasteiger partial charge in [0, 0.05) is 5.75 Å². The SMILES string of the molecule is CCCCCCCCCCCCSC(=O)/C=C/c1cccc(OC)c1. The van der Waals surface area contributed by atoms with Gasteiger partial charge in [0.2, 0.25) is 5.12 Å². The summed E-state index contributed by atoms with van der Waals surface area (Å²) in [5.74, 6) is 1.74. The van der Waals surface area contributed by atoms with Gasteiger partial charge >= 0.3 is 0 Å². The third-order valence-electron chi connectivity index (χ3n) is 4.25. The van der Waals surface area contributed by atoms with E-state index in [1.165, 1.54) is 69.5 Å². The van der Waals surface area contributed by atoms with E-state index in [9.17, 15) is 4.79 Å². The molecule has 0 radical (unpaired) electrons. The van der Waals surface area contributed by atoms with Gasteiger partial charge in [0.25, 0.3) is 0 Å². The van der Waals surface area contributed by atoms with Crippen LogP contribution in [0.25, 0.3) is 6.08 Å². The van der Waals surface area contributed by atoms with E-state index >= 15 is 0 Å². The molecule has 0 heterocycles. The fourth-order valence-electron chi connectivity index (χ4n) is 2.72. The fraction of sp³-hybridized carbons (Fsp3) is 0.591. The Morgan fingerprint density at radius 1 is 1.00 bits per heavy atom. The van der Waals surface area contributed by atoms with Crippen molar-refractivity contribution in [3.05, 3.63) is 35.9 Å². The van der Waals surface area contributed by atoms with Crippen molar-refractivity contribution < 1.29 is 9.53 Å². The first-order chi connectivity index (χ1) is 12.3. The van der Waals surface area contributed by atoms with Crippen LogP contribution in [-0.4, -0.2) is 18.0 Å². The number of hydrogen-bond donors (Lipinski definition) is 0. The molecule has 0 aromatic heterocycles. The van der Waals surface area contributed by atoms with Crippen molar-refractivity contribution in [3.8, 4) is 5.75 Å². The highest BCUT2D eigenvalue weighted by molar-refractivity contribution is 8.14. The third-order valence-corrected chi connectivity index (χ3v) is 5.16. The van der Waals surface area contributed by atoms with Crippen LogP contribution in [0.4, 0.5) is 0 Å². The molecule has 2 nitrogen and oxygen atoms in total. The number of rotatable bonds is 14. The van der Waals surface area contributed by atoms with Crippen LogP contribution in [0.1, 0.15) is 76.7 Å². The molecule has 1 aromatic carbocycles. The minimum atomic E-state index is 0.138. The Labute approximate surface area is 158 Å². The van der Waals surface area contributed by atoms with Crippen molar-refractivity contribution in [1.82, 2.24) is 0 Å². The standard InChI is InChI=1S/C22H34O2S/c1-3-4-5-6-7-8-9-10-11-12-18-25-22(23)17-16-20-14-13-15-21(19-20)24-2/h13-17,19H,3-12,18H2,1-2H3/b17-16+. The highest BCUT2D eigenvalue weighted by Gasteiger charge is 1.99. The van der Waals surface area contributed by atoms with Gasteiger partial charge in [0.15, 0.2) is 0 Å². The van der Waals surface area contributed by atoms with E-state index in [4.69, 9.17) is 4.74 Å². The summed E-state index contributed by atoms with van der Waals surface area (Å²) in [5, 5.41) is 0.138. The van der Waals surface area contributed by atoms with Crippen molar-refractivity contribution in [2.75, 3.05) is 12.9 Å². The number of thioether (sulfide) groups is 1. The predicted molar refractivity (Wildman–Crippen MR) is 111 cm³/mol. The molecule has 0 unspecified atom stereocenters. The van der Waals surface area contributed by atoms with Crippen LogP contribution in [0, 0.1) is 0 Å². The molecule has 0 saturated carbocycles. The van der Waals surface area contributed by atoms with E-state index in [0.29, 0.717) is 0 Å². The van der Waals surface area contributed by atoms with Crippen LogP contribution in [0.15, 0.2) is 30.3 Å². The Hall–Kier alpha value is -1.22. The van der Waals surface area contributed by atoms with Gasteiger partial charge in [-0.25, -0.2) is 0 Å². The topological polar surface area (TPSA) is 26.3 Å². The summed E-state index contributed by atoms with van der Waals surface area (Å²) in [5.41, 5.74) is 0.993. The average molecular weight is 363 g/mol. The zero-order valence-electron chi connectivity index (χ0n) is 16.0. The maximum atomic E-state index is 11.9. The maximum absolute atomic E-state index is 11.9. The van der Waals surface area contributed by atoms with Crippen molar-refractivity contribution in [2.45, 2.75) is 71.1 Å². The highest BCUT2D eigenvalue weighted by Crippen LogP contribution is 2.16. The number of benzene rings is 1. The summed E-state index contributed by atoms with van der Waals surface area (Å²) >= 11 is 1.43. The second kappa shape index (κ2) is 15.1. The number of carbonyl (C=O) groups is 1. The molecular weight excluding hydrogens is 328 g/mol. The lowest BCUT2D eigenvalue weighted by Gasteiger charge is -2.02. The van der Waals surface area contributed by atoms with Gasteiger partial charge in [0.1, 0.15) is 5.75 Å². The van der Waals surface area contributed by atoms with E-state index in [0.717, 1.165) is 23.5 Å². The summed E-state index contributed by atoms with van der Waals surface area (Å²) in [7, 11) is 1.65. The summed E-state index contributed by atoms with van der Waals surface area (Å²) in [6, 6.07) is 7.73. The Morgan fingerprint density at radius 2 is 1.64 bits per heavy atom. The van der Waals surface area contributed by atoms with E-state index in [1.807, 2.05) is 30.3 Å². The maximum Gasteiger partial charge on any atom is 0.212 e. The first kappa shape index (κ1) is 21.8. The zero-order chi connectivity index (χ0) is 18.2. The molecule has 0 aliphatic rings.